The lowest BCUT2D eigenvalue weighted by atomic mass is 9.71. The number of likely N-dealkylation sites (N-methyl/N-ethyl adjacent to an activating group) is 1. The van der Waals surface area contributed by atoms with E-state index in [-0.39, 0.29) is 56.2 Å². The van der Waals surface area contributed by atoms with Gasteiger partial charge in [-0.15, -0.1) is 0 Å². The maximum absolute atomic E-state index is 14.9. The number of ether oxygens (including phenoxy) is 6. The fourth-order valence-electron chi connectivity index (χ4n) is 11.2. The van der Waals surface area contributed by atoms with Crippen LogP contribution in [0.2, 0.25) is 0 Å². The van der Waals surface area contributed by atoms with Crippen LogP contribution >= 0.6 is 11.8 Å². The Morgan fingerprint density at radius 1 is 0.857 bits per heavy atom. The predicted octanol–water partition coefficient (Wildman–Crippen LogP) is 10.1. The Bertz CT molecular complexity index is 2680. The molecular weight excluding hydrogens is 901 g/mol. The number of rotatable bonds is 18. The first-order valence-electron chi connectivity index (χ1n) is 24.1. The third-order valence-corrected chi connectivity index (χ3v) is 15.3. The largest absolute Gasteiger partial charge is 0.493 e. The number of amides is 1. The van der Waals surface area contributed by atoms with Crippen molar-refractivity contribution in [2.45, 2.75) is 102 Å². The van der Waals surface area contributed by atoms with Gasteiger partial charge < -0.3 is 33.7 Å². The van der Waals surface area contributed by atoms with Crippen LogP contribution < -0.4 is 24.3 Å². The molecule has 3 heterocycles. The lowest BCUT2D eigenvalue weighted by molar-refractivity contribution is -0.151. The zero-order valence-electron chi connectivity index (χ0n) is 41.8. The summed E-state index contributed by atoms with van der Waals surface area (Å²) < 4.78 is 38.0. The van der Waals surface area contributed by atoms with Crippen molar-refractivity contribution in [3.8, 4) is 40.2 Å². The number of carbonyl (C=O) groups is 2. The standard InChI is InChI=1S/C57H66N4O8S/c1-12-23-65-52-34(5)35(6)53(66-24-13-2)49-41(52)28-45-50-48-36(26-33(4)51(64-11)54(48)67-25-14-3)27-44(60(50)10)46(29-58)61(45)47(49)30-68-55(62)43(59-56(63)69-57(7,8)9)32-70-31-42-39-21-17-15-19-37(39)38-20-16-18-22-40(38)42/h12-22,26,42-47,50H,1-3,23-25,27-28,30-32H2,4-11H3,(H,59,63)/t43-,44-,45+,46+,47+,50?/m1/s1. The molecule has 1 saturated heterocycles. The van der Waals surface area contributed by atoms with Gasteiger partial charge >= 0.3 is 12.1 Å². The van der Waals surface area contributed by atoms with Gasteiger partial charge in [0.2, 0.25) is 0 Å². The Hall–Kier alpha value is -6.20. The van der Waals surface area contributed by atoms with Gasteiger partial charge in [-0.2, -0.15) is 17.0 Å². The van der Waals surface area contributed by atoms with Gasteiger partial charge in [-0.1, -0.05) is 92.6 Å². The van der Waals surface area contributed by atoms with Crippen molar-refractivity contribution in [3.05, 3.63) is 143 Å². The Balaban J connectivity index is 1.21. The second-order valence-corrected chi connectivity index (χ2v) is 20.6. The summed E-state index contributed by atoms with van der Waals surface area (Å²) in [6, 6.07) is 18.4. The molecule has 6 atom stereocenters. The summed E-state index contributed by atoms with van der Waals surface area (Å²) in [4.78, 5) is 32.9. The number of carbonyl (C=O) groups excluding carboxylic acids is 2. The van der Waals surface area contributed by atoms with E-state index in [4.69, 9.17) is 28.4 Å². The minimum atomic E-state index is -1.07. The number of alkyl carbamates (subject to hydrolysis) is 1. The number of hydrogen-bond donors (Lipinski definition) is 1. The van der Waals surface area contributed by atoms with E-state index >= 15 is 0 Å². The van der Waals surface area contributed by atoms with Gasteiger partial charge in [-0.05, 0) is 106 Å². The van der Waals surface area contributed by atoms with E-state index in [1.165, 1.54) is 22.3 Å². The molecule has 0 saturated carbocycles. The highest BCUT2D eigenvalue weighted by atomic mass is 32.2. The average Bonchev–Trinajstić information content (AvgIpc) is 3.65. The van der Waals surface area contributed by atoms with Crippen LogP contribution in [0.1, 0.15) is 88.8 Å². The molecule has 12 nitrogen and oxygen atoms in total. The summed E-state index contributed by atoms with van der Waals surface area (Å²) in [6.07, 6.45) is 5.44. The van der Waals surface area contributed by atoms with Crippen LogP contribution in [0.25, 0.3) is 11.1 Å². The molecule has 70 heavy (non-hydrogen) atoms. The zero-order chi connectivity index (χ0) is 50.0. The van der Waals surface area contributed by atoms with E-state index in [0.29, 0.717) is 41.6 Å². The van der Waals surface area contributed by atoms with Crippen LogP contribution in [-0.4, -0.2) is 104 Å². The summed E-state index contributed by atoms with van der Waals surface area (Å²) in [5.41, 5.74) is 10.5. The molecule has 368 valence electrons. The number of nitrogens with zero attached hydrogens (tertiary/aromatic N) is 3. The zero-order valence-corrected chi connectivity index (χ0v) is 42.6. The van der Waals surface area contributed by atoms with Gasteiger partial charge in [-0.3, -0.25) is 9.80 Å². The Morgan fingerprint density at radius 2 is 1.46 bits per heavy atom. The first-order chi connectivity index (χ1) is 33.7. The molecule has 4 aromatic carbocycles. The number of nitriles is 1. The van der Waals surface area contributed by atoms with E-state index < -0.39 is 35.8 Å². The molecule has 0 spiro atoms. The number of nitrogens with one attached hydrogen (secondary N) is 1. The predicted molar refractivity (Wildman–Crippen MR) is 275 cm³/mol. The fourth-order valence-corrected chi connectivity index (χ4v) is 12.4. The molecule has 4 aliphatic rings. The molecule has 2 bridgehead atoms. The van der Waals surface area contributed by atoms with Crippen molar-refractivity contribution in [1.82, 2.24) is 15.1 Å². The van der Waals surface area contributed by atoms with Crippen LogP contribution in [-0.2, 0) is 27.1 Å². The molecule has 8 rings (SSSR count). The molecule has 1 fully saturated rings. The lowest BCUT2D eigenvalue weighted by Gasteiger charge is -2.60. The normalized spacial score (nSPS) is 20.5. The minimum absolute atomic E-state index is 0.0979. The fraction of sp³-hybridized carbons (Fsp3) is 0.421. The molecule has 1 unspecified atom stereocenters. The molecular formula is C57H66N4O8S. The number of fused-ring (bicyclic) bond motifs is 10. The number of piperazine rings is 1. The number of methoxy groups -OCH3 is 1. The Labute approximate surface area is 417 Å². The maximum Gasteiger partial charge on any atom is 0.408 e. The van der Waals surface area contributed by atoms with Gasteiger partial charge in [0.1, 0.15) is 55.6 Å². The second kappa shape index (κ2) is 21.0. The smallest absolute Gasteiger partial charge is 0.408 e. The highest BCUT2D eigenvalue weighted by molar-refractivity contribution is 7.99. The van der Waals surface area contributed by atoms with E-state index in [2.05, 4.69) is 103 Å². The van der Waals surface area contributed by atoms with Crippen LogP contribution in [0, 0.1) is 32.1 Å². The van der Waals surface area contributed by atoms with Crippen molar-refractivity contribution in [1.29, 1.82) is 5.26 Å². The van der Waals surface area contributed by atoms with Crippen LogP contribution in [0.15, 0.2) is 92.6 Å². The van der Waals surface area contributed by atoms with E-state index in [9.17, 15) is 14.9 Å². The van der Waals surface area contributed by atoms with Crippen molar-refractivity contribution in [2.24, 2.45) is 0 Å². The van der Waals surface area contributed by atoms with Gasteiger partial charge in [0.25, 0.3) is 0 Å². The molecule has 1 N–H and O–H groups in total. The van der Waals surface area contributed by atoms with Gasteiger partial charge in [0.05, 0.1) is 25.3 Å². The average molecular weight is 967 g/mol. The monoisotopic (exact) mass is 966 g/mol. The first-order valence-corrected chi connectivity index (χ1v) is 25.2. The van der Waals surface area contributed by atoms with Gasteiger partial charge in [-0.25, -0.2) is 9.59 Å². The minimum Gasteiger partial charge on any atom is -0.493 e. The van der Waals surface area contributed by atoms with E-state index in [1.807, 2.05) is 20.8 Å². The first kappa shape index (κ1) is 50.2. The SMILES string of the molecule is C=CCOc1c(C)c(C)c(OCC=C)c2c1C[C@H]1C3c4c(cc(C)c(OC)c4OCC=C)C[C@H]([C@H](C#N)N1[C@H]2COC(=O)[C@@H](CSCC1c2ccccc2-c2ccccc21)NC(=O)OC(C)(C)C)N3C. The summed E-state index contributed by atoms with van der Waals surface area (Å²) in [7, 11) is 3.73. The summed E-state index contributed by atoms with van der Waals surface area (Å²) in [5, 5.41) is 14.3. The number of thioether (sulfide) groups is 1. The number of benzene rings is 4. The topological polar surface area (TPSA) is 132 Å². The number of esters is 1. The third kappa shape index (κ3) is 9.41. The molecule has 4 aromatic rings. The van der Waals surface area contributed by atoms with Crippen LogP contribution in [0.3, 0.4) is 0 Å². The highest BCUT2D eigenvalue weighted by Crippen LogP contribution is 2.57. The van der Waals surface area contributed by atoms with Crippen molar-refractivity contribution < 1.29 is 38.0 Å². The Kier molecular flexibility index (Phi) is 15.1. The van der Waals surface area contributed by atoms with Crippen molar-refractivity contribution >= 4 is 23.8 Å². The van der Waals surface area contributed by atoms with E-state index in [0.717, 1.165) is 38.9 Å². The summed E-state index contributed by atoms with van der Waals surface area (Å²) >= 11 is 1.57. The lowest BCUT2D eigenvalue weighted by Crippen LogP contribution is -2.68. The maximum atomic E-state index is 14.9. The summed E-state index contributed by atoms with van der Waals surface area (Å²) in [6.45, 7) is 23.8. The molecule has 13 heteroatoms. The highest BCUT2D eigenvalue weighted by Gasteiger charge is 2.57. The molecule has 1 aliphatic carbocycles. The quantitative estimate of drug-likeness (QED) is 0.0752. The molecule has 0 aromatic heterocycles. The van der Waals surface area contributed by atoms with Gasteiger partial charge in [0, 0.05) is 46.2 Å². The van der Waals surface area contributed by atoms with Crippen molar-refractivity contribution in [3.63, 3.8) is 0 Å². The Morgan fingerprint density at radius 3 is 2.06 bits per heavy atom. The molecule has 3 aliphatic heterocycles. The summed E-state index contributed by atoms with van der Waals surface area (Å²) in [5.74, 6) is 2.98. The third-order valence-electron chi connectivity index (χ3n) is 14.1. The van der Waals surface area contributed by atoms with Gasteiger partial charge in [0.15, 0.2) is 11.5 Å². The van der Waals surface area contributed by atoms with E-state index in [1.54, 1.807) is 57.9 Å². The van der Waals surface area contributed by atoms with Crippen LogP contribution in [0.5, 0.6) is 23.0 Å². The number of hydrogen-bond acceptors (Lipinski definition) is 12. The second-order valence-electron chi connectivity index (χ2n) is 19.5. The molecule has 0 radical (unpaired) electrons. The van der Waals surface area contributed by atoms with Crippen molar-refractivity contribution in [2.75, 3.05) is 52.1 Å². The van der Waals surface area contributed by atoms with Crippen LogP contribution in [0.4, 0.5) is 4.79 Å². The number of aryl methyl sites for hydroxylation is 1. The molecule has 1 amide bonds.